The molecule has 1 aliphatic rings. The highest BCUT2D eigenvalue weighted by molar-refractivity contribution is 7.77. The van der Waals surface area contributed by atoms with E-state index in [4.69, 9.17) is 4.55 Å². The molecule has 1 rings (SSSR count). The molecule has 0 aromatic rings. The Balaban J connectivity index is 2.40. The molecule has 0 aromatic heterocycles. The number of amides is 1. The van der Waals surface area contributed by atoms with E-state index in [1.807, 2.05) is 0 Å². The standard InChI is InChI=1S/C4H8N2O3S/c7-4-3(1-2-5-4)6-10(8)9/h3,6H,1-2H2,(H,5,7)(H,8,9). The van der Waals surface area contributed by atoms with Crippen molar-refractivity contribution in [2.75, 3.05) is 6.54 Å². The molecule has 1 heterocycles. The second-order valence-electron chi connectivity index (χ2n) is 2.00. The number of carbonyl (C=O) groups is 1. The molecule has 0 saturated carbocycles. The molecule has 6 heteroatoms. The predicted molar refractivity (Wildman–Crippen MR) is 35.3 cm³/mol. The van der Waals surface area contributed by atoms with Crippen molar-refractivity contribution in [3.8, 4) is 0 Å². The molecule has 2 atom stereocenters. The van der Waals surface area contributed by atoms with Gasteiger partial charge in [-0.3, -0.25) is 9.35 Å². The molecule has 0 radical (unpaired) electrons. The zero-order chi connectivity index (χ0) is 7.56. The van der Waals surface area contributed by atoms with Gasteiger partial charge in [0.05, 0.1) is 0 Å². The van der Waals surface area contributed by atoms with Gasteiger partial charge in [0.25, 0.3) is 0 Å². The van der Waals surface area contributed by atoms with Crippen LogP contribution in [-0.4, -0.2) is 27.3 Å². The van der Waals surface area contributed by atoms with Gasteiger partial charge >= 0.3 is 0 Å². The molecule has 1 amide bonds. The first-order valence-corrected chi connectivity index (χ1v) is 3.95. The molecule has 5 nitrogen and oxygen atoms in total. The summed E-state index contributed by atoms with van der Waals surface area (Å²) in [4.78, 5) is 10.7. The molecule has 10 heavy (non-hydrogen) atoms. The minimum absolute atomic E-state index is 0.206. The van der Waals surface area contributed by atoms with Crippen LogP contribution in [0.25, 0.3) is 0 Å². The van der Waals surface area contributed by atoms with Crippen LogP contribution in [0.1, 0.15) is 6.42 Å². The van der Waals surface area contributed by atoms with Gasteiger partial charge in [-0.2, -0.15) is 0 Å². The number of carbonyl (C=O) groups excluding carboxylic acids is 1. The van der Waals surface area contributed by atoms with Gasteiger partial charge in [0.1, 0.15) is 6.04 Å². The third-order valence-corrected chi connectivity index (χ3v) is 1.78. The smallest absolute Gasteiger partial charge is 0.238 e. The van der Waals surface area contributed by atoms with E-state index in [9.17, 15) is 9.00 Å². The number of hydrogen-bond acceptors (Lipinski definition) is 2. The summed E-state index contributed by atoms with van der Waals surface area (Å²) in [6, 6.07) is -0.495. The highest BCUT2D eigenvalue weighted by atomic mass is 32.2. The third kappa shape index (κ3) is 1.76. The molecule has 0 aliphatic carbocycles. The molecule has 0 spiro atoms. The van der Waals surface area contributed by atoms with E-state index in [1.165, 1.54) is 0 Å². The largest absolute Gasteiger partial charge is 0.355 e. The summed E-state index contributed by atoms with van der Waals surface area (Å²) in [7, 11) is 0. The van der Waals surface area contributed by atoms with Crippen LogP contribution in [0.5, 0.6) is 0 Å². The first-order chi connectivity index (χ1) is 4.70. The molecule has 1 saturated heterocycles. The third-order valence-electron chi connectivity index (χ3n) is 1.29. The molecule has 1 aliphatic heterocycles. The summed E-state index contributed by atoms with van der Waals surface area (Å²) >= 11 is -2.09. The van der Waals surface area contributed by atoms with Gasteiger partial charge in [-0.25, -0.2) is 8.93 Å². The average Bonchev–Trinajstić information content (AvgIpc) is 2.15. The van der Waals surface area contributed by atoms with E-state index in [-0.39, 0.29) is 5.91 Å². The van der Waals surface area contributed by atoms with Crippen molar-refractivity contribution in [3.05, 3.63) is 0 Å². The van der Waals surface area contributed by atoms with Crippen molar-refractivity contribution in [2.45, 2.75) is 12.5 Å². The lowest BCUT2D eigenvalue weighted by Crippen LogP contribution is -2.36. The van der Waals surface area contributed by atoms with Crippen LogP contribution < -0.4 is 10.0 Å². The van der Waals surface area contributed by atoms with Crippen LogP contribution in [-0.2, 0) is 16.1 Å². The van der Waals surface area contributed by atoms with E-state index in [0.29, 0.717) is 13.0 Å². The molecule has 0 aromatic carbocycles. The Labute approximate surface area is 60.6 Å². The van der Waals surface area contributed by atoms with Crippen molar-refractivity contribution in [1.82, 2.24) is 10.0 Å². The normalized spacial score (nSPS) is 28.1. The monoisotopic (exact) mass is 164 g/mol. The molecule has 58 valence electrons. The van der Waals surface area contributed by atoms with Crippen LogP contribution in [0.4, 0.5) is 0 Å². The first-order valence-electron chi connectivity index (χ1n) is 2.85. The van der Waals surface area contributed by atoms with Gasteiger partial charge in [-0.05, 0) is 6.42 Å². The Hall–Kier alpha value is -0.460. The number of nitrogens with one attached hydrogen (secondary N) is 2. The summed E-state index contributed by atoms with van der Waals surface area (Å²) in [6.45, 7) is 0.577. The fourth-order valence-electron chi connectivity index (χ4n) is 0.828. The van der Waals surface area contributed by atoms with Gasteiger partial charge in [0.15, 0.2) is 0 Å². The Bertz CT molecular complexity index is 172. The zero-order valence-corrected chi connectivity index (χ0v) is 5.98. The van der Waals surface area contributed by atoms with Crippen LogP contribution in [0, 0.1) is 0 Å². The Morgan fingerprint density at radius 2 is 2.50 bits per heavy atom. The molecular weight excluding hydrogens is 156 g/mol. The van der Waals surface area contributed by atoms with Crippen LogP contribution in [0.15, 0.2) is 0 Å². The molecular formula is C4H8N2O3S. The fourth-order valence-corrected chi connectivity index (χ4v) is 1.30. The first kappa shape index (κ1) is 7.64. The van der Waals surface area contributed by atoms with Crippen LogP contribution in [0.3, 0.4) is 0 Å². The van der Waals surface area contributed by atoms with Crippen molar-refractivity contribution >= 4 is 17.2 Å². The van der Waals surface area contributed by atoms with Gasteiger partial charge in [-0.15, -0.1) is 0 Å². The Morgan fingerprint density at radius 3 is 2.90 bits per heavy atom. The van der Waals surface area contributed by atoms with E-state index in [1.54, 1.807) is 0 Å². The summed E-state index contributed by atoms with van der Waals surface area (Å²) in [6.07, 6.45) is 0.575. The van der Waals surface area contributed by atoms with Gasteiger partial charge in [-0.1, -0.05) is 0 Å². The maximum absolute atomic E-state index is 10.7. The lowest BCUT2D eigenvalue weighted by Gasteiger charge is -2.02. The highest BCUT2D eigenvalue weighted by Gasteiger charge is 2.24. The minimum atomic E-state index is -2.09. The summed E-state index contributed by atoms with van der Waals surface area (Å²) < 4.78 is 20.6. The van der Waals surface area contributed by atoms with E-state index in [0.717, 1.165) is 0 Å². The topological polar surface area (TPSA) is 78.4 Å². The van der Waals surface area contributed by atoms with Crippen LogP contribution in [0.2, 0.25) is 0 Å². The molecule has 3 N–H and O–H groups in total. The average molecular weight is 164 g/mol. The second kappa shape index (κ2) is 3.09. The SMILES string of the molecule is O=C1NCCC1NS(=O)O. The van der Waals surface area contributed by atoms with Gasteiger partial charge < -0.3 is 5.32 Å². The summed E-state index contributed by atoms with van der Waals surface area (Å²) in [5, 5.41) is 2.53. The van der Waals surface area contributed by atoms with E-state index < -0.39 is 17.3 Å². The molecule has 2 unspecified atom stereocenters. The summed E-state index contributed by atoms with van der Waals surface area (Å²) in [5.74, 6) is -0.206. The van der Waals surface area contributed by atoms with E-state index in [2.05, 4.69) is 10.0 Å². The Morgan fingerprint density at radius 1 is 1.80 bits per heavy atom. The van der Waals surface area contributed by atoms with Gasteiger partial charge in [0, 0.05) is 6.54 Å². The van der Waals surface area contributed by atoms with Crippen molar-refractivity contribution in [1.29, 1.82) is 0 Å². The number of hydrogen-bond donors (Lipinski definition) is 3. The lowest BCUT2D eigenvalue weighted by molar-refractivity contribution is -0.120. The van der Waals surface area contributed by atoms with Crippen molar-refractivity contribution < 1.29 is 13.6 Å². The quantitative estimate of drug-likeness (QED) is 0.439. The molecule has 1 fully saturated rings. The maximum atomic E-state index is 10.7. The van der Waals surface area contributed by atoms with Crippen LogP contribution >= 0.6 is 0 Å². The number of rotatable bonds is 2. The fraction of sp³-hybridized carbons (Fsp3) is 0.750. The minimum Gasteiger partial charge on any atom is -0.355 e. The zero-order valence-electron chi connectivity index (χ0n) is 5.16. The second-order valence-corrected chi connectivity index (χ2v) is 2.73. The Kier molecular flexibility index (Phi) is 2.36. The van der Waals surface area contributed by atoms with Crippen molar-refractivity contribution in [3.63, 3.8) is 0 Å². The lowest BCUT2D eigenvalue weighted by atomic mass is 10.3. The molecule has 0 bridgehead atoms. The maximum Gasteiger partial charge on any atom is 0.238 e. The van der Waals surface area contributed by atoms with E-state index >= 15 is 0 Å². The van der Waals surface area contributed by atoms with Crippen molar-refractivity contribution in [2.24, 2.45) is 0 Å². The van der Waals surface area contributed by atoms with Gasteiger partial charge in [0.2, 0.25) is 17.2 Å². The summed E-state index contributed by atoms with van der Waals surface area (Å²) in [5.41, 5.74) is 0. The highest BCUT2D eigenvalue weighted by Crippen LogP contribution is 1.98. The predicted octanol–water partition coefficient (Wildman–Crippen LogP) is -1.40.